The number of hydrogen-bond donors (Lipinski definition) is 0. The molecule has 0 saturated heterocycles. The van der Waals surface area contributed by atoms with Crippen molar-refractivity contribution in [3.05, 3.63) is 35.4 Å². The second kappa shape index (κ2) is 7.87. The molecule has 0 saturated carbocycles. The van der Waals surface area contributed by atoms with Gasteiger partial charge < -0.3 is 14.3 Å². The Kier molecular flexibility index (Phi) is 5.85. The molecule has 0 N–H and O–H groups in total. The third-order valence-electron chi connectivity index (χ3n) is 3.78. The SMILES string of the molecule is CCC(=CCCc1ccc2c(c1)OCO2)CCCC(C)=O. The third kappa shape index (κ3) is 4.92. The highest BCUT2D eigenvalue weighted by Gasteiger charge is 2.12. The lowest BCUT2D eigenvalue weighted by atomic mass is 10.0. The fraction of sp³-hybridized carbons (Fsp3) is 0.500. The summed E-state index contributed by atoms with van der Waals surface area (Å²) in [7, 11) is 0. The summed E-state index contributed by atoms with van der Waals surface area (Å²) >= 11 is 0. The van der Waals surface area contributed by atoms with E-state index in [4.69, 9.17) is 9.47 Å². The maximum absolute atomic E-state index is 11.0. The molecule has 0 radical (unpaired) electrons. The standard InChI is InChI=1S/C18H24O3/c1-3-15(7-4-6-14(2)19)8-5-9-16-10-11-17-18(12-16)21-13-20-17/h8,10-12H,3-7,9,13H2,1-2H3. The van der Waals surface area contributed by atoms with Crippen molar-refractivity contribution >= 4 is 5.78 Å². The van der Waals surface area contributed by atoms with Crippen LogP contribution < -0.4 is 9.47 Å². The molecular weight excluding hydrogens is 264 g/mol. The third-order valence-corrected chi connectivity index (χ3v) is 3.78. The van der Waals surface area contributed by atoms with Crippen molar-refractivity contribution in [2.45, 2.75) is 52.4 Å². The van der Waals surface area contributed by atoms with Crippen molar-refractivity contribution in [1.29, 1.82) is 0 Å². The molecule has 1 aromatic rings. The zero-order chi connectivity index (χ0) is 15.1. The molecule has 1 aliphatic heterocycles. The zero-order valence-electron chi connectivity index (χ0n) is 13.0. The number of Topliss-reactive ketones (excluding diaryl/α,β-unsaturated/α-hetero) is 1. The van der Waals surface area contributed by atoms with Crippen molar-refractivity contribution in [2.24, 2.45) is 0 Å². The van der Waals surface area contributed by atoms with Crippen molar-refractivity contribution in [3.8, 4) is 11.5 Å². The van der Waals surface area contributed by atoms with Gasteiger partial charge in [-0.3, -0.25) is 0 Å². The van der Waals surface area contributed by atoms with E-state index in [1.165, 1.54) is 11.1 Å². The smallest absolute Gasteiger partial charge is 0.231 e. The molecule has 0 atom stereocenters. The Balaban J connectivity index is 1.81. The van der Waals surface area contributed by atoms with Crippen LogP contribution in [0.3, 0.4) is 0 Å². The van der Waals surface area contributed by atoms with Crippen LogP contribution in [-0.2, 0) is 11.2 Å². The minimum atomic E-state index is 0.283. The van der Waals surface area contributed by atoms with E-state index in [9.17, 15) is 4.79 Å². The van der Waals surface area contributed by atoms with E-state index in [-0.39, 0.29) is 5.78 Å². The monoisotopic (exact) mass is 288 g/mol. The molecular formula is C18H24O3. The first-order valence-corrected chi connectivity index (χ1v) is 7.75. The maximum atomic E-state index is 11.0. The highest BCUT2D eigenvalue weighted by atomic mass is 16.7. The molecule has 0 aromatic heterocycles. The van der Waals surface area contributed by atoms with Gasteiger partial charge in [0.2, 0.25) is 6.79 Å². The lowest BCUT2D eigenvalue weighted by Crippen LogP contribution is -1.93. The lowest BCUT2D eigenvalue weighted by Gasteiger charge is -2.05. The number of ether oxygens (including phenoxy) is 2. The zero-order valence-corrected chi connectivity index (χ0v) is 13.0. The summed E-state index contributed by atoms with van der Waals surface area (Å²) < 4.78 is 10.7. The summed E-state index contributed by atoms with van der Waals surface area (Å²) in [6.07, 6.45) is 8.13. The quantitative estimate of drug-likeness (QED) is 0.663. The highest BCUT2D eigenvalue weighted by Crippen LogP contribution is 2.32. The topological polar surface area (TPSA) is 35.5 Å². The molecule has 0 bridgehead atoms. The van der Waals surface area contributed by atoms with Crippen molar-refractivity contribution in [1.82, 2.24) is 0 Å². The van der Waals surface area contributed by atoms with Gasteiger partial charge in [0.05, 0.1) is 0 Å². The average molecular weight is 288 g/mol. The van der Waals surface area contributed by atoms with Gasteiger partial charge in [-0.1, -0.05) is 24.6 Å². The molecule has 0 amide bonds. The minimum Gasteiger partial charge on any atom is -0.454 e. The van der Waals surface area contributed by atoms with Gasteiger partial charge in [-0.25, -0.2) is 0 Å². The first kappa shape index (κ1) is 15.6. The highest BCUT2D eigenvalue weighted by molar-refractivity contribution is 5.75. The van der Waals surface area contributed by atoms with Crippen LogP contribution in [0.1, 0.15) is 51.5 Å². The van der Waals surface area contributed by atoms with Gasteiger partial charge in [-0.2, -0.15) is 0 Å². The minimum absolute atomic E-state index is 0.283. The number of hydrogen-bond acceptors (Lipinski definition) is 3. The molecule has 0 fully saturated rings. The molecule has 0 aliphatic carbocycles. The van der Waals surface area contributed by atoms with Crippen LogP contribution in [0.5, 0.6) is 11.5 Å². The van der Waals surface area contributed by atoms with Crippen LogP contribution >= 0.6 is 0 Å². The van der Waals surface area contributed by atoms with Crippen molar-refractivity contribution < 1.29 is 14.3 Å². The summed E-state index contributed by atoms with van der Waals surface area (Å²) in [4.78, 5) is 11.0. The summed E-state index contributed by atoms with van der Waals surface area (Å²) in [5, 5.41) is 0. The Bertz CT molecular complexity index is 517. The van der Waals surface area contributed by atoms with E-state index in [2.05, 4.69) is 25.1 Å². The number of allylic oxidation sites excluding steroid dienone is 2. The van der Waals surface area contributed by atoms with Gasteiger partial charge in [0.1, 0.15) is 5.78 Å². The fourth-order valence-corrected chi connectivity index (χ4v) is 2.53. The van der Waals surface area contributed by atoms with Gasteiger partial charge in [-0.15, -0.1) is 0 Å². The molecule has 0 unspecified atom stereocenters. The van der Waals surface area contributed by atoms with E-state index < -0.39 is 0 Å². The van der Waals surface area contributed by atoms with E-state index >= 15 is 0 Å². The number of aryl methyl sites for hydroxylation is 1. The molecule has 1 aliphatic rings. The van der Waals surface area contributed by atoms with Crippen LogP contribution in [-0.4, -0.2) is 12.6 Å². The second-order valence-electron chi connectivity index (χ2n) is 5.50. The second-order valence-corrected chi connectivity index (χ2v) is 5.50. The molecule has 0 spiro atoms. The van der Waals surface area contributed by atoms with Gasteiger partial charge in [0, 0.05) is 6.42 Å². The van der Waals surface area contributed by atoms with Crippen LogP contribution in [0.4, 0.5) is 0 Å². The molecule has 3 heteroatoms. The van der Waals surface area contributed by atoms with Crippen molar-refractivity contribution in [3.63, 3.8) is 0 Å². The van der Waals surface area contributed by atoms with E-state index in [0.29, 0.717) is 13.2 Å². The summed E-state index contributed by atoms with van der Waals surface area (Å²) in [6.45, 7) is 4.17. The van der Waals surface area contributed by atoms with Gasteiger partial charge in [-0.05, 0) is 56.7 Å². The first-order valence-electron chi connectivity index (χ1n) is 7.75. The van der Waals surface area contributed by atoms with Gasteiger partial charge >= 0.3 is 0 Å². The summed E-state index contributed by atoms with van der Waals surface area (Å²) in [6, 6.07) is 6.15. The van der Waals surface area contributed by atoms with Gasteiger partial charge in [0.15, 0.2) is 11.5 Å². The molecule has 3 nitrogen and oxygen atoms in total. The fourth-order valence-electron chi connectivity index (χ4n) is 2.53. The van der Waals surface area contributed by atoms with Crippen LogP contribution in [0.25, 0.3) is 0 Å². The molecule has 2 rings (SSSR count). The van der Waals surface area contributed by atoms with E-state index in [1.54, 1.807) is 6.92 Å². The Hall–Kier alpha value is -1.77. The number of benzene rings is 1. The van der Waals surface area contributed by atoms with E-state index in [0.717, 1.165) is 43.6 Å². The molecule has 1 aromatic carbocycles. The molecule has 21 heavy (non-hydrogen) atoms. The number of carbonyl (C=O) groups excluding carboxylic acids is 1. The van der Waals surface area contributed by atoms with E-state index in [1.807, 2.05) is 6.07 Å². The Labute approximate surface area is 127 Å². The number of ketones is 1. The van der Waals surface area contributed by atoms with Crippen LogP contribution in [0, 0.1) is 0 Å². The largest absolute Gasteiger partial charge is 0.454 e. The molecule has 1 heterocycles. The molecule has 114 valence electrons. The van der Waals surface area contributed by atoms with Crippen LogP contribution in [0.15, 0.2) is 29.8 Å². The Morgan fingerprint density at radius 1 is 1.24 bits per heavy atom. The Morgan fingerprint density at radius 3 is 2.81 bits per heavy atom. The van der Waals surface area contributed by atoms with Crippen molar-refractivity contribution in [2.75, 3.05) is 6.79 Å². The maximum Gasteiger partial charge on any atom is 0.231 e. The normalized spacial score (nSPS) is 13.5. The predicted molar refractivity (Wildman–Crippen MR) is 83.8 cm³/mol. The summed E-state index contributed by atoms with van der Waals surface area (Å²) in [5.74, 6) is 1.98. The average Bonchev–Trinajstić information content (AvgIpc) is 2.92. The van der Waals surface area contributed by atoms with Gasteiger partial charge in [0.25, 0.3) is 0 Å². The Morgan fingerprint density at radius 2 is 2.05 bits per heavy atom. The number of carbonyl (C=O) groups is 1. The lowest BCUT2D eigenvalue weighted by molar-refractivity contribution is -0.117. The summed E-state index contributed by atoms with van der Waals surface area (Å²) in [5.41, 5.74) is 2.73. The number of rotatable bonds is 8. The first-order chi connectivity index (χ1) is 10.2. The number of fused-ring (bicyclic) bond motifs is 1. The predicted octanol–water partition coefficient (Wildman–Crippen LogP) is 4.44. The van der Waals surface area contributed by atoms with Crippen LogP contribution in [0.2, 0.25) is 0 Å².